The Morgan fingerprint density at radius 3 is 2.89 bits per heavy atom. The molecule has 0 saturated heterocycles. The minimum absolute atomic E-state index is 0.297. The number of para-hydroxylation sites is 1. The lowest BCUT2D eigenvalue weighted by Crippen LogP contribution is -2.20. The van der Waals surface area contributed by atoms with Crippen molar-refractivity contribution in [1.29, 1.82) is 0 Å². The predicted octanol–water partition coefficient (Wildman–Crippen LogP) is 2.59. The second kappa shape index (κ2) is 5.89. The molecule has 1 heterocycles. The Hall–Kier alpha value is -1.81. The van der Waals surface area contributed by atoms with Gasteiger partial charge in [0.2, 0.25) is 0 Å². The van der Waals surface area contributed by atoms with E-state index in [0.717, 1.165) is 30.4 Å². The highest BCUT2D eigenvalue weighted by Gasteiger charge is 2.10. The number of benzene rings is 1. The first-order valence-electron chi connectivity index (χ1n) is 6.57. The number of aromatic amines is 1. The molecule has 2 aromatic rings. The highest BCUT2D eigenvalue weighted by atomic mass is 16.5. The quantitative estimate of drug-likeness (QED) is 0.664. The first-order chi connectivity index (χ1) is 9.11. The number of fused-ring (bicyclic) bond motifs is 1. The van der Waals surface area contributed by atoms with E-state index in [0.29, 0.717) is 5.75 Å². The molecule has 0 atom stereocenters. The van der Waals surface area contributed by atoms with Crippen LogP contribution in [0.25, 0.3) is 10.9 Å². The smallest absolute Gasteiger partial charge is 0.308 e. The van der Waals surface area contributed by atoms with Gasteiger partial charge in [0.15, 0.2) is 5.75 Å². The summed E-state index contributed by atoms with van der Waals surface area (Å²) in [6.45, 7) is 5.62. The Morgan fingerprint density at radius 2 is 2.21 bits per heavy atom. The maximum absolute atomic E-state index is 11.1. The van der Waals surface area contributed by atoms with E-state index >= 15 is 0 Å². The van der Waals surface area contributed by atoms with E-state index in [2.05, 4.69) is 29.9 Å². The molecule has 0 unspecified atom stereocenters. The monoisotopic (exact) mass is 260 g/mol. The molecule has 1 N–H and O–H groups in total. The fourth-order valence-electron chi connectivity index (χ4n) is 2.10. The van der Waals surface area contributed by atoms with Gasteiger partial charge in [-0.15, -0.1) is 0 Å². The maximum atomic E-state index is 11.1. The van der Waals surface area contributed by atoms with Gasteiger partial charge in [-0.25, -0.2) is 0 Å². The molecule has 0 aliphatic rings. The lowest BCUT2D eigenvalue weighted by Gasteiger charge is -2.12. The van der Waals surface area contributed by atoms with Crippen LogP contribution in [0, 0.1) is 0 Å². The van der Waals surface area contributed by atoms with Gasteiger partial charge in [0.25, 0.3) is 0 Å². The number of likely N-dealkylation sites (N-methyl/N-ethyl adjacent to an activating group) is 1. The number of carbonyl (C=O) groups is 1. The third-order valence-corrected chi connectivity index (χ3v) is 3.32. The third kappa shape index (κ3) is 3.15. The van der Waals surface area contributed by atoms with Gasteiger partial charge in [0, 0.05) is 25.1 Å². The minimum Gasteiger partial charge on any atom is -0.424 e. The normalized spacial score (nSPS) is 11.2. The van der Waals surface area contributed by atoms with Crippen LogP contribution >= 0.6 is 0 Å². The second-order valence-corrected chi connectivity index (χ2v) is 4.73. The Morgan fingerprint density at radius 1 is 1.42 bits per heavy atom. The summed E-state index contributed by atoms with van der Waals surface area (Å²) >= 11 is 0. The van der Waals surface area contributed by atoms with Gasteiger partial charge in [-0.05, 0) is 31.6 Å². The summed E-state index contributed by atoms with van der Waals surface area (Å²) in [6.07, 6.45) is 2.98. The van der Waals surface area contributed by atoms with Crippen LogP contribution in [0.15, 0.2) is 24.4 Å². The molecule has 0 spiro atoms. The standard InChI is InChI=1S/C15H20N2O2/c1-4-17(3)9-8-12-10-16-15-13(12)6-5-7-14(15)19-11(2)18/h5-7,10,16H,4,8-9H2,1-3H3. The van der Waals surface area contributed by atoms with E-state index in [9.17, 15) is 4.79 Å². The zero-order valence-corrected chi connectivity index (χ0v) is 11.7. The van der Waals surface area contributed by atoms with Crippen molar-refractivity contribution in [3.63, 3.8) is 0 Å². The van der Waals surface area contributed by atoms with E-state index in [-0.39, 0.29) is 5.97 Å². The molecular formula is C15H20N2O2. The summed E-state index contributed by atoms with van der Waals surface area (Å²) in [5, 5.41) is 1.13. The largest absolute Gasteiger partial charge is 0.424 e. The van der Waals surface area contributed by atoms with E-state index in [1.54, 1.807) is 0 Å². The number of H-pyrrole nitrogens is 1. The molecule has 0 aliphatic carbocycles. The number of ether oxygens (including phenoxy) is 1. The van der Waals surface area contributed by atoms with E-state index in [1.165, 1.54) is 12.5 Å². The number of hydrogen-bond acceptors (Lipinski definition) is 3. The number of carbonyl (C=O) groups excluding carboxylic acids is 1. The molecule has 0 radical (unpaired) electrons. The molecule has 0 amide bonds. The van der Waals surface area contributed by atoms with Gasteiger partial charge in [-0.2, -0.15) is 0 Å². The van der Waals surface area contributed by atoms with Crippen LogP contribution < -0.4 is 4.74 Å². The Kier molecular flexibility index (Phi) is 4.22. The van der Waals surface area contributed by atoms with Crippen molar-refractivity contribution in [3.05, 3.63) is 30.0 Å². The summed E-state index contributed by atoms with van der Waals surface area (Å²) in [4.78, 5) is 16.6. The van der Waals surface area contributed by atoms with Gasteiger partial charge >= 0.3 is 5.97 Å². The van der Waals surface area contributed by atoms with Crippen LogP contribution in [0.2, 0.25) is 0 Å². The molecule has 1 aromatic carbocycles. The Labute approximate surface area is 113 Å². The van der Waals surface area contributed by atoms with Crippen LogP contribution in [0.4, 0.5) is 0 Å². The van der Waals surface area contributed by atoms with Crippen LogP contribution in [0.1, 0.15) is 19.4 Å². The molecular weight excluding hydrogens is 240 g/mol. The molecule has 2 rings (SSSR count). The molecule has 102 valence electrons. The van der Waals surface area contributed by atoms with Gasteiger partial charge in [0.1, 0.15) is 0 Å². The van der Waals surface area contributed by atoms with Gasteiger partial charge < -0.3 is 14.6 Å². The average Bonchev–Trinajstić information content (AvgIpc) is 2.79. The van der Waals surface area contributed by atoms with E-state index in [1.807, 2.05) is 18.3 Å². The van der Waals surface area contributed by atoms with E-state index < -0.39 is 0 Å². The molecule has 1 aromatic heterocycles. The van der Waals surface area contributed by atoms with E-state index in [4.69, 9.17) is 4.74 Å². The maximum Gasteiger partial charge on any atom is 0.308 e. The minimum atomic E-state index is -0.297. The van der Waals surface area contributed by atoms with Gasteiger partial charge in [0.05, 0.1) is 5.52 Å². The molecule has 19 heavy (non-hydrogen) atoms. The fraction of sp³-hybridized carbons (Fsp3) is 0.400. The van der Waals surface area contributed by atoms with Crippen molar-refractivity contribution in [3.8, 4) is 5.75 Å². The second-order valence-electron chi connectivity index (χ2n) is 4.73. The predicted molar refractivity (Wildman–Crippen MR) is 76.5 cm³/mol. The Bertz CT molecular complexity index is 575. The van der Waals surface area contributed by atoms with Crippen LogP contribution in [-0.4, -0.2) is 36.0 Å². The Balaban J connectivity index is 2.25. The molecule has 0 aliphatic heterocycles. The van der Waals surface area contributed by atoms with Crippen molar-refractivity contribution in [2.75, 3.05) is 20.1 Å². The van der Waals surface area contributed by atoms with Crippen molar-refractivity contribution < 1.29 is 9.53 Å². The average molecular weight is 260 g/mol. The van der Waals surface area contributed by atoms with Crippen LogP contribution in [0.5, 0.6) is 5.75 Å². The first-order valence-corrected chi connectivity index (χ1v) is 6.57. The topological polar surface area (TPSA) is 45.3 Å². The van der Waals surface area contributed by atoms with Crippen molar-refractivity contribution >= 4 is 16.9 Å². The number of esters is 1. The number of rotatable bonds is 5. The van der Waals surface area contributed by atoms with Crippen molar-refractivity contribution in [2.45, 2.75) is 20.3 Å². The summed E-state index contributed by atoms with van der Waals surface area (Å²) in [6, 6.07) is 5.78. The van der Waals surface area contributed by atoms with Crippen molar-refractivity contribution in [2.24, 2.45) is 0 Å². The highest BCUT2D eigenvalue weighted by molar-refractivity contribution is 5.90. The number of nitrogens with one attached hydrogen (secondary N) is 1. The zero-order chi connectivity index (χ0) is 13.8. The molecule has 0 saturated carbocycles. The SMILES string of the molecule is CCN(C)CCc1c[nH]c2c(OC(C)=O)cccc12. The molecule has 4 nitrogen and oxygen atoms in total. The summed E-state index contributed by atoms with van der Waals surface area (Å²) in [7, 11) is 2.11. The molecule has 4 heteroatoms. The zero-order valence-electron chi connectivity index (χ0n) is 11.7. The number of nitrogens with zero attached hydrogens (tertiary/aromatic N) is 1. The van der Waals surface area contributed by atoms with Crippen molar-refractivity contribution in [1.82, 2.24) is 9.88 Å². The van der Waals surface area contributed by atoms with Crippen LogP contribution in [0.3, 0.4) is 0 Å². The lowest BCUT2D eigenvalue weighted by atomic mass is 10.1. The summed E-state index contributed by atoms with van der Waals surface area (Å²) in [5.41, 5.74) is 2.15. The highest BCUT2D eigenvalue weighted by Crippen LogP contribution is 2.27. The molecule has 0 fully saturated rings. The van der Waals surface area contributed by atoms with Gasteiger partial charge in [-0.1, -0.05) is 19.1 Å². The fourth-order valence-corrected chi connectivity index (χ4v) is 2.10. The first kappa shape index (κ1) is 13.6. The lowest BCUT2D eigenvalue weighted by molar-refractivity contribution is -0.131. The van der Waals surface area contributed by atoms with Gasteiger partial charge in [-0.3, -0.25) is 4.79 Å². The number of aromatic nitrogens is 1. The molecule has 0 bridgehead atoms. The summed E-state index contributed by atoms with van der Waals surface area (Å²) < 4.78 is 5.21. The summed E-state index contributed by atoms with van der Waals surface area (Å²) in [5.74, 6) is 0.300. The van der Waals surface area contributed by atoms with Crippen LogP contribution in [-0.2, 0) is 11.2 Å². The number of hydrogen-bond donors (Lipinski definition) is 1. The third-order valence-electron chi connectivity index (χ3n) is 3.32.